The van der Waals surface area contributed by atoms with Gasteiger partial charge in [-0.3, -0.25) is 0 Å². The summed E-state index contributed by atoms with van der Waals surface area (Å²) in [5, 5.41) is 0. The largest absolute Gasteiger partial charge is 0.497 e. The first kappa shape index (κ1) is 10.3. The molecule has 0 radical (unpaired) electrons. The second-order valence-electron chi connectivity index (χ2n) is 3.99. The molecule has 0 amide bonds. The van der Waals surface area contributed by atoms with Gasteiger partial charge in [-0.05, 0) is 43.0 Å². The number of benzene rings is 1. The molecule has 0 aromatic heterocycles. The maximum atomic E-state index is 5.93. The van der Waals surface area contributed by atoms with Gasteiger partial charge in [0.15, 0.2) is 0 Å². The smallest absolute Gasteiger partial charge is 0.119 e. The summed E-state index contributed by atoms with van der Waals surface area (Å²) in [6.07, 6.45) is 2.51. The molecule has 2 rings (SSSR count). The van der Waals surface area contributed by atoms with E-state index < -0.39 is 0 Å². The predicted molar refractivity (Wildman–Crippen MR) is 59.2 cm³/mol. The molecule has 0 bridgehead atoms. The van der Waals surface area contributed by atoms with E-state index in [4.69, 9.17) is 15.2 Å². The van der Waals surface area contributed by atoms with Gasteiger partial charge in [0, 0.05) is 6.04 Å². The van der Waals surface area contributed by atoms with E-state index in [0.717, 1.165) is 11.5 Å². The highest BCUT2D eigenvalue weighted by atomic mass is 16.5. The molecule has 1 aliphatic rings. The predicted octanol–water partition coefficient (Wildman–Crippen LogP) is 1.81. The van der Waals surface area contributed by atoms with Crippen molar-refractivity contribution in [1.29, 1.82) is 0 Å². The van der Waals surface area contributed by atoms with Crippen LogP contribution < -0.4 is 15.2 Å². The van der Waals surface area contributed by atoms with E-state index in [9.17, 15) is 0 Å². The highest BCUT2D eigenvalue weighted by Gasteiger charge is 2.28. The van der Waals surface area contributed by atoms with Crippen LogP contribution in [0.2, 0.25) is 0 Å². The average Bonchev–Trinajstić information content (AvgIpc) is 3.10. The molecule has 1 aromatic rings. The fourth-order valence-corrected chi connectivity index (χ4v) is 1.52. The Morgan fingerprint density at radius 2 is 1.87 bits per heavy atom. The van der Waals surface area contributed by atoms with E-state index in [1.165, 1.54) is 12.8 Å². The molecule has 1 atom stereocenters. The van der Waals surface area contributed by atoms with Crippen molar-refractivity contribution in [3.63, 3.8) is 0 Å². The second kappa shape index (κ2) is 4.53. The third-order valence-corrected chi connectivity index (χ3v) is 2.73. The number of ether oxygens (including phenoxy) is 2. The summed E-state index contributed by atoms with van der Waals surface area (Å²) in [6.45, 7) is 0.608. The van der Waals surface area contributed by atoms with Gasteiger partial charge >= 0.3 is 0 Å². The van der Waals surface area contributed by atoms with Crippen molar-refractivity contribution in [3.05, 3.63) is 24.3 Å². The van der Waals surface area contributed by atoms with Gasteiger partial charge in [-0.25, -0.2) is 0 Å². The minimum absolute atomic E-state index is 0.187. The lowest BCUT2D eigenvalue weighted by Gasteiger charge is -2.12. The molecule has 0 saturated heterocycles. The van der Waals surface area contributed by atoms with Crippen molar-refractivity contribution in [3.8, 4) is 11.5 Å². The van der Waals surface area contributed by atoms with Gasteiger partial charge in [0.25, 0.3) is 0 Å². The zero-order valence-corrected chi connectivity index (χ0v) is 8.98. The maximum Gasteiger partial charge on any atom is 0.119 e. The van der Waals surface area contributed by atoms with E-state index in [1.54, 1.807) is 7.11 Å². The molecule has 15 heavy (non-hydrogen) atoms. The van der Waals surface area contributed by atoms with Crippen LogP contribution in [0, 0.1) is 5.92 Å². The second-order valence-corrected chi connectivity index (χ2v) is 3.99. The van der Waals surface area contributed by atoms with Crippen LogP contribution in [0.1, 0.15) is 12.8 Å². The fraction of sp³-hybridized carbons (Fsp3) is 0.500. The Kier molecular flexibility index (Phi) is 3.11. The highest BCUT2D eigenvalue weighted by Crippen LogP contribution is 2.31. The minimum Gasteiger partial charge on any atom is -0.497 e. The summed E-state index contributed by atoms with van der Waals surface area (Å²) in [5.41, 5.74) is 5.93. The molecule has 3 heteroatoms. The molecule has 3 nitrogen and oxygen atoms in total. The first-order chi connectivity index (χ1) is 7.29. The van der Waals surface area contributed by atoms with Crippen LogP contribution in [0.15, 0.2) is 24.3 Å². The lowest BCUT2D eigenvalue weighted by Crippen LogP contribution is -2.29. The first-order valence-corrected chi connectivity index (χ1v) is 5.32. The highest BCUT2D eigenvalue weighted by molar-refractivity contribution is 5.31. The summed E-state index contributed by atoms with van der Waals surface area (Å²) >= 11 is 0. The summed E-state index contributed by atoms with van der Waals surface area (Å²) in [7, 11) is 1.65. The number of rotatable bonds is 5. The van der Waals surface area contributed by atoms with Gasteiger partial charge < -0.3 is 15.2 Å². The van der Waals surface area contributed by atoms with Crippen LogP contribution in [-0.4, -0.2) is 19.8 Å². The van der Waals surface area contributed by atoms with Crippen LogP contribution in [0.3, 0.4) is 0 Å². The number of methoxy groups -OCH3 is 1. The van der Waals surface area contributed by atoms with Crippen molar-refractivity contribution in [2.75, 3.05) is 13.7 Å². The number of nitrogens with two attached hydrogens (primary N) is 1. The summed E-state index contributed by atoms with van der Waals surface area (Å²) < 4.78 is 10.7. The maximum absolute atomic E-state index is 5.93. The molecule has 2 N–H and O–H groups in total. The van der Waals surface area contributed by atoms with Crippen molar-refractivity contribution in [2.45, 2.75) is 18.9 Å². The SMILES string of the molecule is COc1ccc(OC[C@@H](N)C2CC2)cc1. The first-order valence-electron chi connectivity index (χ1n) is 5.32. The standard InChI is InChI=1S/C12H17NO2/c1-14-10-4-6-11(7-5-10)15-8-12(13)9-2-3-9/h4-7,9,12H,2-3,8,13H2,1H3/t12-/m1/s1. The molecule has 0 aliphatic heterocycles. The van der Waals surface area contributed by atoms with Crippen LogP contribution in [0.4, 0.5) is 0 Å². The number of hydrogen-bond acceptors (Lipinski definition) is 3. The molecular formula is C12H17NO2. The Labute approximate surface area is 90.2 Å². The minimum atomic E-state index is 0.187. The topological polar surface area (TPSA) is 44.5 Å². The van der Waals surface area contributed by atoms with Crippen molar-refractivity contribution in [1.82, 2.24) is 0 Å². The molecule has 1 saturated carbocycles. The average molecular weight is 207 g/mol. The Morgan fingerprint density at radius 3 is 2.40 bits per heavy atom. The van der Waals surface area contributed by atoms with Crippen molar-refractivity contribution < 1.29 is 9.47 Å². The van der Waals surface area contributed by atoms with Gasteiger partial charge in [-0.15, -0.1) is 0 Å². The van der Waals surface area contributed by atoms with Crippen molar-refractivity contribution >= 4 is 0 Å². The monoisotopic (exact) mass is 207 g/mol. The quantitative estimate of drug-likeness (QED) is 0.800. The van der Waals surface area contributed by atoms with Gasteiger partial charge in [-0.2, -0.15) is 0 Å². The zero-order chi connectivity index (χ0) is 10.7. The molecule has 0 unspecified atom stereocenters. The van der Waals surface area contributed by atoms with Gasteiger partial charge in [-0.1, -0.05) is 0 Å². The van der Waals surface area contributed by atoms with Gasteiger partial charge in [0.05, 0.1) is 7.11 Å². The van der Waals surface area contributed by atoms with Crippen LogP contribution in [0.5, 0.6) is 11.5 Å². The van der Waals surface area contributed by atoms with Crippen LogP contribution >= 0.6 is 0 Å². The molecule has 82 valence electrons. The van der Waals surface area contributed by atoms with E-state index >= 15 is 0 Å². The van der Waals surface area contributed by atoms with E-state index in [-0.39, 0.29) is 6.04 Å². The Hall–Kier alpha value is -1.22. The molecule has 1 fully saturated rings. The van der Waals surface area contributed by atoms with E-state index in [2.05, 4.69) is 0 Å². The molecular weight excluding hydrogens is 190 g/mol. The van der Waals surface area contributed by atoms with E-state index in [1.807, 2.05) is 24.3 Å². The lowest BCUT2D eigenvalue weighted by molar-refractivity contribution is 0.275. The normalized spacial score (nSPS) is 17.2. The Bertz CT molecular complexity index is 306. The third kappa shape index (κ3) is 2.86. The van der Waals surface area contributed by atoms with E-state index in [0.29, 0.717) is 12.5 Å². The Balaban J connectivity index is 1.81. The van der Waals surface area contributed by atoms with Crippen LogP contribution in [0.25, 0.3) is 0 Å². The number of hydrogen-bond donors (Lipinski definition) is 1. The van der Waals surface area contributed by atoms with Gasteiger partial charge in [0.1, 0.15) is 18.1 Å². The summed E-state index contributed by atoms with van der Waals surface area (Å²) in [4.78, 5) is 0. The lowest BCUT2D eigenvalue weighted by atomic mass is 10.2. The molecule has 0 heterocycles. The molecule has 1 aliphatic carbocycles. The summed E-state index contributed by atoms with van der Waals surface area (Å²) in [5.74, 6) is 2.38. The Morgan fingerprint density at radius 1 is 1.27 bits per heavy atom. The fourth-order valence-electron chi connectivity index (χ4n) is 1.52. The molecule has 0 spiro atoms. The van der Waals surface area contributed by atoms with Crippen LogP contribution in [-0.2, 0) is 0 Å². The summed E-state index contributed by atoms with van der Waals surface area (Å²) in [6, 6.07) is 7.76. The zero-order valence-electron chi connectivity index (χ0n) is 8.98. The third-order valence-electron chi connectivity index (χ3n) is 2.73. The van der Waals surface area contributed by atoms with Crippen molar-refractivity contribution in [2.24, 2.45) is 11.7 Å². The van der Waals surface area contributed by atoms with Gasteiger partial charge in [0.2, 0.25) is 0 Å². The molecule has 1 aromatic carbocycles.